The lowest BCUT2D eigenvalue weighted by Crippen LogP contribution is -2.33. The molecule has 2 N–H and O–H groups in total. The molecule has 0 spiro atoms. The van der Waals surface area contributed by atoms with E-state index in [2.05, 4.69) is 5.32 Å². The van der Waals surface area contributed by atoms with Crippen LogP contribution in [0.25, 0.3) is 0 Å². The fourth-order valence-electron chi connectivity index (χ4n) is 2.56. The van der Waals surface area contributed by atoms with Gasteiger partial charge >= 0.3 is 5.97 Å². The molecular formula is C15H18ClNO4. The number of aliphatic carboxylic acids is 1. The highest BCUT2D eigenvalue weighted by Gasteiger charge is 2.31. The first-order valence-electron chi connectivity index (χ1n) is 6.97. The van der Waals surface area contributed by atoms with Gasteiger partial charge in [0.2, 0.25) is 0 Å². The minimum Gasteiger partial charge on any atom is -0.493 e. The van der Waals surface area contributed by atoms with E-state index >= 15 is 0 Å². The Morgan fingerprint density at radius 1 is 1.43 bits per heavy atom. The van der Waals surface area contributed by atoms with Crippen LogP contribution in [-0.4, -0.2) is 29.6 Å². The number of hydrogen-bond donors (Lipinski definition) is 2. The zero-order valence-electron chi connectivity index (χ0n) is 11.8. The second-order valence-electron chi connectivity index (χ2n) is 5.09. The van der Waals surface area contributed by atoms with Crippen LogP contribution in [0.2, 0.25) is 5.02 Å². The molecule has 21 heavy (non-hydrogen) atoms. The summed E-state index contributed by atoms with van der Waals surface area (Å²) in [5.41, 5.74) is 0.417. The molecule has 1 amide bonds. The predicted octanol–water partition coefficient (Wildman–Crippen LogP) is 2.72. The van der Waals surface area contributed by atoms with Crippen molar-refractivity contribution in [2.45, 2.75) is 32.2 Å². The van der Waals surface area contributed by atoms with Crippen LogP contribution in [0.3, 0.4) is 0 Å². The van der Waals surface area contributed by atoms with Crippen molar-refractivity contribution in [2.24, 2.45) is 5.92 Å². The summed E-state index contributed by atoms with van der Waals surface area (Å²) in [5.74, 6) is -0.985. The van der Waals surface area contributed by atoms with Gasteiger partial charge in [-0.15, -0.1) is 0 Å². The van der Waals surface area contributed by atoms with Crippen LogP contribution in [0.1, 0.15) is 36.5 Å². The number of nitrogens with one attached hydrogen (secondary N) is 1. The summed E-state index contributed by atoms with van der Waals surface area (Å²) in [7, 11) is 0. The summed E-state index contributed by atoms with van der Waals surface area (Å²) in [5, 5.41) is 12.4. The first kappa shape index (κ1) is 15.6. The highest BCUT2D eigenvalue weighted by atomic mass is 35.5. The van der Waals surface area contributed by atoms with E-state index in [0.29, 0.717) is 42.2 Å². The van der Waals surface area contributed by atoms with Crippen LogP contribution in [-0.2, 0) is 4.79 Å². The van der Waals surface area contributed by atoms with Crippen molar-refractivity contribution in [3.63, 3.8) is 0 Å². The highest BCUT2D eigenvalue weighted by molar-refractivity contribution is 6.30. The van der Waals surface area contributed by atoms with Gasteiger partial charge in [-0.2, -0.15) is 0 Å². The number of ether oxygens (including phenoxy) is 1. The molecule has 2 rings (SSSR count). The Hall–Kier alpha value is -1.75. The van der Waals surface area contributed by atoms with Crippen molar-refractivity contribution in [3.05, 3.63) is 28.8 Å². The van der Waals surface area contributed by atoms with E-state index in [1.165, 1.54) is 0 Å². The molecule has 1 aliphatic rings. The van der Waals surface area contributed by atoms with Crippen LogP contribution < -0.4 is 10.1 Å². The van der Waals surface area contributed by atoms with Gasteiger partial charge in [-0.1, -0.05) is 11.6 Å². The average Bonchev–Trinajstić information content (AvgIpc) is 2.88. The molecule has 1 saturated carbocycles. The Balaban J connectivity index is 2.05. The minimum absolute atomic E-state index is 0.108. The Morgan fingerprint density at radius 2 is 2.19 bits per heavy atom. The number of benzene rings is 1. The predicted molar refractivity (Wildman–Crippen MR) is 78.9 cm³/mol. The third-order valence-corrected chi connectivity index (χ3v) is 3.84. The van der Waals surface area contributed by atoms with Gasteiger partial charge in [0.25, 0.3) is 5.91 Å². The van der Waals surface area contributed by atoms with Crippen molar-refractivity contribution >= 4 is 23.5 Å². The van der Waals surface area contributed by atoms with Gasteiger partial charge < -0.3 is 15.2 Å². The zero-order valence-corrected chi connectivity index (χ0v) is 12.5. The van der Waals surface area contributed by atoms with Crippen LogP contribution in [0.5, 0.6) is 5.75 Å². The Bertz CT molecular complexity index is 546. The van der Waals surface area contributed by atoms with Crippen molar-refractivity contribution in [1.29, 1.82) is 0 Å². The molecule has 0 aromatic heterocycles. The Kier molecular flexibility index (Phi) is 5.07. The zero-order chi connectivity index (χ0) is 15.4. The summed E-state index contributed by atoms with van der Waals surface area (Å²) in [4.78, 5) is 23.2. The maximum absolute atomic E-state index is 12.3. The van der Waals surface area contributed by atoms with Gasteiger partial charge in [0, 0.05) is 11.1 Å². The number of carbonyl (C=O) groups is 2. The molecule has 0 bridgehead atoms. The Morgan fingerprint density at radius 3 is 2.81 bits per heavy atom. The van der Waals surface area contributed by atoms with Gasteiger partial charge in [-0.25, -0.2) is 0 Å². The largest absolute Gasteiger partial charge is 0.493 e. The highest BCUT2D eigenvalue weighted by Crippen LogP contribution is 2.27. The summed E-state index contributed by atoms with van der Waals surface area (Å²) in [6.07, 6.45) is 1.75. The number of carbonyl (C=O) groups excluding carboxylic acids is 1. The fraction of sp³-hybridized carbons (Fsp3) is 0.467. The lowest BCUT2D eigenvalue weighted by Gasteiger charge is -2.15. The maximum Gasteiger partial charge on any atom is 0.306 e. The van der Waals surface area contributed by atoms with Gasteiger partial charge in [0.15, 0.2) is 0 Å². The van der Waals surface area contributed by atoms with Gasteiger partial charge in [0.05, 0.1) is 18.1 Å². The third-order valence-electron chi connectivity index (χ3n) is 3.61. The standard InChI is InChI=1S/C15H18ClNO4/c1-2-21-13-8-10(16)4-6-12(13)14(18)17-11-5-3-9(7-11)15(19)20/h4,6,8-9,11H,2-3,5,7H2,1H3,(H,17,18)(H,19,20)/t9-,11+/m0/s1. The molecule has 0 heterocycles. The molecule has 1 aromatic carbocycles. The number of hydrogen-bond acceptors (Lipinski definition) is 3. The third kappa shape index (κ3) is 3.88. The molecule has 0 aliphatic heterocycles. The SMILES string of the molecule is CCOc1cc(Cl)ccc1C(=O)N[C@@H]1CC[C@H](C(=O)O)C1. The van der Waals surface area contributed by atoms with Crippen LogP contribution >= 0.6 is 11.6 Å². The molecule has 1 aromatic rings. The van der Waals surface area contributed by atoms with Gasteiger partial charge in [-0.05, 0) is 44.4 Å². The summed E-state index contributed by atoms with van der Waals surface area (Å²) < 4.78 is 5.42. The molecule has 0 radical (unpaired) electrons. The number of halogens is 1. The molecule has 114 valence electrons. The fourth-order valence-corrected chi connectivity index (χ4v) is 2.72. The molecule has 6 heteroatoms. The van der Waals surface area contributed by atoms with E-state index in [-0.39, 0.29) is 17.9 Å². The Labute approximate surface area is 128 Å². The normalized spacial score (nSPS) is 21.0. The summed E-state index contributed by atoms with van der Waals surface area (Å²) in [6, 6.07) is 4.75. The number of carboxylic acid groups (broad SMARTS) is 1. The lowest BCUT2D eigenvalue weighted by molar-refractivity contribution is -0.141. The molecule has 0 unspecified atom stereocenters. The number of rotatable bonds is 5. The van der Waals surface area contributed by atoms with E-state index in [4.69, 9.17) is 21.4 Å². The quantitative estimate of drug-likeness (QED) is 0.876. The molecule has 2 atom stereocenters. The average molecular weight is 312 g/mol. The van der Waals surface area contributed by atoms with Crippen molar-refractivity contribution in [1.82, 2.24) is 5.32 Å². The molecule has 5 nitrogen and oxygen atoms in total. The van der Waals surface area contributed by atoms with Crippen molar-refractivity contribution in [2.75, 3.05) is 6.61 Å². The van der Waals surface area contributed by atoms with E-state index in [1.54, 1.807) is 18.2 Å². The second kappa shape index (κ2) is 6.80. The summed E-state index contributed by atoms with van der Waals surface area (Å²) in [6.45, 7) is 2.27. The van der Waals surface area contributed by atoms with E-state index in [0.717, 1.165) is 0 Å². The lowest BCUT2D eigenvalue weighted by atomic mass is 10.1. The number of amides is 1. The van der Waals surface area contributed by atoms with Gasteiger partial charge in [0.1, 0.15) is 5.75 Å². The van der Waals surface area contributed by atoms with E-state index in [1.807, 2.05) is 6.92 Å². The van der Waals surface area contributed by atoms with Gasteiger partial charge in [-0.3, -0.25) is 9.59 Å². The molecule has 0 saturated heterocycles. The second-order valence-corrected chi connectivity index (χ2v) is 5.53. The van der Waals surface area contributed by atoms with Crippen LogP contribution in [0, 0.1) is 5.92 Å². The topological polar surface area (TPSA) is 75.6 Å². The molecular weight excluding hydrogens is 294 g/mol. The number of carboxylic acids is 1. The van der Waals surface area contributed by atoms with Crippen LogP contribution in [0.4, 0.5) is 0 Å². The molecule has 1 aliphatic carbocycles. The summed E-state index contributed by atoms with van der Waals surface area (Å²) >= 11 is 5.90. The van der Waals surface area contributed by atoms with E-state index < -0.39 is 5.97 Å². The first-order valence-corrected chi connectivity index (χ1v) is 7.35. The maximum atomic E-state index is 12.3. The van der Waals surface area contributed by atoms with Crippen LogP contribution in [0.15, 0.2) is 18.2 Å². The first-order chi connectivity index (χ1) is 10.0. The van der Waals surface area contributed by atoms with E-state index in [9.17, 15) is 9.59 Å². The molecule has 1 fully saturated rings. The smallest absolute Gasteiger partial charge is 0.306 e. The minimum atomic E-state index is -0.798. The monoisotopic (exact) mass is 311 g/mol. The van der Waals surface area contributed by atoms with Crippen molar-refractivity contribution < 1.29 is 19.4 Å². The van der Waals surface area contributed by atoms with Crippen molar-refractivity contribution in [3.8, 4) is 5.75 Å².